The normalized spacial score (nSPS) is 9.18. The standard InChI is InChI=1S/C7H8N2S2/c1-11-7(10)9-6-3-2-4-8-5-6/h2-5H,1H3,(H,9,10). The third kappa shape index (κ3) is 2.86. The van der Waals surface area contributed by atoms with Gasteiger partial charge in [0.25, 0.3) is 0 Å². The fourth-order valence-electron chi connectivity index (χ4n) is 0.606. The highest BCUT2D eigenvalue weighted by Crippen LogP contribution is 2.06. The summed E-state index contributed by atoms with van der Waals surface area (Å²) in [7, 11) is 0. The molecule has 1 N–H and O–H groups in total. The van der Waals surface area contributed by atoms with Crippen molar-refractivity contribution in [3.05, 3.63) is 24.5 Å². The molecule has 2 nitrogen and oxygen atoms in total. The second kappa shape index (κ2) is 4.31. The second-order valence-corrected chi connectivity index (χ2v) is 3.34. The monoisotopic (exact) mass is 184 g/mol. The third-order valence-electron chi connectivity index (χ3n) is 1.09. The van der Waals surface area contributed by atoms with Gasteiger partial charge in [0.1, 0.15) is 4.32 Å². The van der Waals surface area contributed by atoms with Crippen molar-refractivity contribution in [3.63, 3.8) is 0 Å². The number of nitrogens with one attached hydrogen (secondary N) is 1. The minimum Gasteiger partial charge on any atom is -0.340 e. The maximum absolute atomic E-state index is 4.96. The van der Waals surface area contributed by atoms with Crippen molar-refractivity contribution < 1.29 is 0 Å². The van der Waals surface area contributed by atoms with Crippen LogP contribution in [0.25, 0.3) is 0 Å². The first-order valence-corrected chi connectivity index (χ1v) is 4.71. The van der Waals surface area contributed by atoms with Gasteiger partial charge in [0, 0.05) is 6.20 Å². The summed E-state index contributed by atoms with van der Waals surface area (Å²) >= 11 is 6.47. The molecule has 4 heteroatoms. The van der Waals surface area contributed by atoms with Crippen molar-refractivity contribution in [2.75, 3.05) is 11.6 Å². The molecule has 0 radical (unpaired) electrons. The molecule has 0 aliphatic heterocycles. The average Bonchev–Trinajstić information content (AvgIpc) is 2.06. The Hall–Kier alpha value is -0.610. The van der Waals surface area contributed by atoms with Crippen molar-refractivity contribution in [2.45, 2.75) is 0 Å². The fourth-order valence-corrected chi connectivity index (χ4v) is 0.943. The van der Waals surface area contributed by atoms with Crippen LogP contribution in [-0.4, -0.2) is 15.6 Å². The van der Waals surface area contributed by atoms with E-state index >= 15 is 0 Å². The van der Waals surface area contributed by atoms with Crippen LogP contribution in [0.5, 0.6) is 0 Å². The molecular weight excluding hydrogens is 176 g/mol. The van der Waals surface area contributed by atoms with Gasteiger partial charge in [0.05, 0.1) is 11.9 Å². The van der Waals surface area contributed by atoms with E-state index in [4.69, 9.17) is 12.2 Å². The van der Waals surface area contributed by atoms with Crippen molar-refractivity contribution in [1.29, 1.82) is 0 Å². The van der Waals surface area contributed by atoms with Gasteiger partial charge in [0.15, 0.2) is 0 Å². The van der Waals surface area contributed by atoms with Crippen LogP contribution in [0.15, 0.2) is 24.5 Å². The Morgan fingerprint density at radius 1 is 1.73 bits per heavy atom. The van der Waals surface area contributed by atoms with E-state index in [1.807, 2.05) is 18.4 Å². The van der Waals surface area contributed by atoms with Gasteiger partial charge in [-0.25, -0.2) is 0 Å². The van der Waals surface area contributed by atoms with E-state index in [9.17, 15) is 0 Å². The number of rotatable bonds is 1. The van der Waals surface area contributed by atoms with Gasteiger partial charge in [-0.1, -0.05) is 12.2 Å². The number of thiocarbonyl (C=S) groups is 1. The summed E-state index contributed by atoms with van der Waals surface area (Å²) in [5, 5.41) is 3.02. The highest BCUT2D eigenvalue weighted by atomic mass is 32.2. The summed E-state index contributed by atoms with van der Waals surface area (Å²) in [6.07, 6.45) is 5.40. The number of anilines is 1. The Morgan fingerprint density at radius 3 is 3.09 bits per heavy atom. The van der Waals surface area contributed by atoms with Crippen LogP contribution >= 0.6 is 24.0 Å². The highest BCUT2D eigenvalue weighted by Gasteiger charge is 1.92. The Bertz CT molecular complexity index is 235. The maximum atomic E-state index is 4.96. The fraction of sp³-hybridized carbons (Fsp3) is 0.143. The first-order chi connectivity index (χ1) is 5.33. The van der Waals surface area contributed by atoms with E-state index in [2.05, 4.69) is 10.3 Å². The third-order valence-corrected chi connectivity index (χ3v) is 2.17. The van der Waals surface area contributed by atoms with Crippen LogP contribution in [-0.2, 0) is 0 Å². The number of nitrogens with zero attached hydrogens (tertiary/aromatic N) is 1. The van der Waals surface area contributed by atoms with Crippen molar-refractivity contribution in [1.82, 2.24) is 4.98 Å². The quantitative estimate of drug-likeness (QED) is 0.676. The van der Waals surface area contributed by atoms with E-state index in [0.29, 0.717) is 0 Å². The second-order valence-electron chi connectivity index (χ2n) is 1.86. The number of thioether (sulfide) groups is 1. The summed E-state index contributed by atoms with van der Waals surface area (Å²) in [6, 6.07) is 3.79. The summed E-state index contributed by atoms with van der Waals surface area (Å²) < 4.78 is 0.762. The molecule has 0 unspecified atom stereocenters. The van der Waals surface area contributed by atoms with E-state index in [-0.39, 0.29) is 0 Å². The Balaban J connectivity index is 2.58. The van der Waals surface area contributed by atoms with Crippen LogP contribution in [0.3, 0.4) is 0 Å². The molecular formula is C7H8N2S2. The van der Waals surface area contributed by atoms with Crippen LogP contribution in [0.1, 0.15) is 0 Å². The lowest BCUT2D eigenvalue weighted by molar-refractivity contribution is 1.33. The van der Waals surface area contributed by atoms with Crippen LogP contribution in [0.4, 0.5) is 5.69 Å². The molecule has 0 aromatic carbocycles. The Morgan fingerprint density at radius 2 is 2.55 bits per heavy atom. The molecule has 0 bridgehead atoms. The van der Waals surface area contributed by atoms with Gasteiger partial charge in [-0.2, -0.15) is 0 Å². The molecule has 0 aliphatic carbocycles. The lowest BCUT2D eigenvalue weighted by atomic mass is 10.4. The maximum Gasteiger partial charge on any atom is 0.137 e. The SMILES string of the molecule is CSC(=S)Nc1cccnc1. The largest absolute Gasteiger partial charge is 0.340 e. The summed E-state index contributed by atoms with van der Waals surface area (Å²) in [5.41, 5.74) is 0.937. The lowest BCUT2D eigenvalue weighted by Gasteiger charge is -2.02. The molecule has 0 atom stereocenters. The molecule has 0 saturated carbocycles. The van der Waals surface area contributed by atoms with Crippen molar-refractivity contribution in [2.24, 2.45) is 0 Å². The molecule has 1 aromatic heterocycles. The predicted octanol–water partition coefficient (Wildman–Crippen LogP) is 2.14. The predicted molar refractivity (Wildman–Crippen MR) is 54.0 cm³/mol. The number of aromatic nitrogens is 1. The van der Waals surface area contributed by atoms with E-state index in [1.165, 1.54) is 11.8 Å². The number of hydrogen-bond acceptors (Lipinski definition) is 3. The lowest BCUT2D eigenvalue weighted by Crippen LogP contribution is -2.03. The van der Waals surface area contributed by atoms with Gasteiger partial charge in [-0.3, -0.25) is 4.98 Å². The van der Waals surface area contributed by atoms with Gasteiger partial charge in [0.2, 0.25) is 0 Å². The topological polar surface area (TPSA) is 24.9 Å². The Kier molecular flexibility index (Phi) is 3.32. The summed E-state index contributed by atoms with van der Waals surface area (Å²) in [5.74, 6) is 0. The van der Waals surface area contributed by atoms with Gasteiger partial charge >= 0.3 is 0 Å². The average molecular weight is 184 g/mol. The molecule has 1 heterocycles. The van der Waals surface area contributed by atoms with Gasteiger partial charge in [-0.15, -0.1) is 11.8 Å². The van der Waals surface area contributed by atoms with Crippen LogP contribution < -0.4 is 5.32 Å². The highest BCUT2D eigenvalue weighted by molar-refractivity contribution is 8.22. The molecule has 58 valence electrons. The molecule has 0 amide bonds. The van der Waals surface area contributed by atoms with E-state index in [1.54, 1.807) is 12.4 Å². The minimum atomic E-state index is 0.762. The Labute approximate surface area is 75.4 Å². The zero-order valence-electron chi connectivity index (χ0n) is 6.07. The van der Waals surface area contributed by atoms with E-state index < -0.39 is 0 Å². The molecule has 11 heavy (non-hydrogen) atoms. The van der Waals surface area contributed by atoms with Crippen LogP contribution in [0.2, 0.25) is 0 Å². The minimum absolute atomic E-state index is 0.762. The molecule has 0 aliphatic rings. The van der Waals surface area contributed by atoms with Gasteiger partial charge in [-0.05, 0) is 18.4 Å². The molecule has 1 rings (SSSR count). The molecule has 1 aromatic rings. The first kappa shape index (κ1) is 8.49. The van der Waals surface area contributed by atoms with Crippen LogP contribution in [0, 0.1) is 0 Å². The zero-order valence-corrected chi connectivity index (χ0v) is 7.71. The van der Waals surface area contributed by atoms with Gasteiger partial charge < -0.3 is 5.32 Å². The molecule has 0 spiro atoms. The molecule has 0 fully saturated rings. The summed E-state index contributed by atoms with van der Waals surface area (Å²) in [6.45, 7) is 0. The molecule has 0 saturated heterocycles. The summed E-state index contributed by atoms with van der Waals surface area (Å²) in [4.78, 5) is 3.94. The van der Waals surface area contributed by atoms with E-state index in [0.717, 1.165) is 10.0 Å². The smallest absolute Gasteiger partial charge is 0.137 e. The number of pyridine rings is 1. The van der Waals surface area contributed by atoms with Crippen molar-refractivity contribution >= 4 is 34.0 Å². The van der Waals surface area contributed by atoms with Crippen molar-refractivity contribution in [3.8, 4) is 0 Å². The zero-order chi connectivity index (χ0) is 8.10. The number of hydrogen-bond donors (Lipinski definition) is 1. The first-order valence-electron chi connectivity index (χ1n) is 3.08.